The van der Waals surface area contributed by atoms with Crippen molar-refractivity contribution in [2.24, 2.45) is 5.41 Å². The quantitative estimate of drug-likeness (QED) is 0.560. The molecule has 2 nitrogen and oxygen atoms in total. The Morgan fingerprint density at radius 2 is 2.09 bits per heavy atom. The monoisotopic (exact) mass is 171 g/mol. The topological polar surface area (TPSA) is 44.0 Å². The van der Waals surface area contributed by atoms with E-state index in [1.807, 2.05) is 6.07 Å². The van der Waals surface area contributed by atoms with Gasteiger partial charge in [0.25, 0.3) is 0 Å². The van der Waals surface area contributed by atoms with Crippen molar-refractivity contribution in [3.8, 4) is 6.07 Å². The molecule has 0 bridgehead atoms. The van der Waals surface area contributed by atoms with Crippen molar-refractivity contribution in [1.82, 2.24) is 0 Å². The number of aliphatic hydroxyl groups is 1. The van der Waals surface area contributed by atoms with Crippen LogP contribution in [0.2, 0.25) is 0 Å². The molecule has 0 aliphatic carbocycles. The Morgan fingerprint density at radius 1 is 1.45 bits per heavy atom. The van der Waals surface area contributed by atoms with Crippen molar-refractivity contribution in [2.45, 2.75) is 25.9 Å². The maximum Gasteiger partial charge on any atom is 0.160 e. The Labute approximate surface area is 71.6 Å². The fourth-order valence-corrected chi connectivity index (χ4v) is 2.72. The van der Waals surface area contributed by atoms with Gasteiger partial charge >= 0.3 is 0 Å². The van der Waals surface area contributed by atoms with Crippen LogP contribution in [0.25, 0.3) is 0 Å². The molecule has 0 radical (unpaired) electrons. The minimum absolute atomic E-state index is 0.105. The second kappa shape index (κ2) is 2.69. The van der Waals surface area contributed by atoms with Crippen molar-refractivity contribution in [3.63, 3.8) is 0 Å². The maximum absolute atomic E-state index is 9.63. The molecule has 1 saturated heterocycles. The van der Waals surface area contributed by atoms with Crippen LogP contribution in [0, 0.1) is 16.7 Å². The molecule has 0 aromatic carbocycles. The summed E-state index contributed by atoms with van der Waals surface area (Å²) in [5.41, 5.74) is -0.972. The summed E-state index contributed by atoms with van der Waals surface area (Å²) in [5, 5.41) is 18.3. The van der Waals surface area contributed by atoms with Gasteiger partial charge in [0.1, 0.15) is 0 Å². The average molecular weight is 171 g/mol. The first-order chi connectivity index (χ1) is 4.97. The van der Waals surface area contributed by atoms with Crippen LogP contribution >= 0.6 is 11.8 Å². The molecule has 11 heavy (non-hydrogen) atoms. The summed E-state index contributed by atoms with van der Waals surface area (Å²) < 4.78 is 0. The number of nitrogens with zero attached hydrogens (tertiary/aromatic N) is 1. The number of hydrogen-bond acceptors (Lipinski definition) is 3. The van der Waals surface area contributed by atoms with E-state index in [0.717, 1.165) is 5.75 Å². The van der Waals surface area contributed by atoms with Crippen LogP contribution in [0.15, 0.2) is 0 Å². The molecule has 1 N–H and O–H groups in total. The Bertz CT molecular complexity index is 197. The first-order valence-corrected chi connectivity index (χ1v) is 4.84. The molecule has 1 unspecified atom stereocenters. The molecule has 62 valence electrons. The zero-order chi connectivity index (χ0) is 8.54. The highest BCUT2D eigenvalue weighted by Crippen LogP contribution is 2.38. The van der Waals surface area contributed by atoms with Crippen molar-refractivity contribution >= 4 is 11.8 Å². The molecule has 0 amide bonds. The Kier molecular flexibility index (Phi) is 2.17. The Balaban J connectivity index is 2.69. The second-order valence-electron chi connectivity index (χ2n) is 3.98. The fraction of sp³-hybridized carbons (Fsp3) is 0.875. The summed E-state index contributed by atoms with van der Waals surface area (Å²) >= 11 is 1.66. The summed E-state index contributed by atoms with van der Waals surface area (Å²) in [4.78, 5) is 0. The van der Waals surface area contributed by atoms with Gasteiger partial charge < -0.3 is 5.11 Å². The van der Waals surface area contributed by atoms with E-state index in [9.17, 15) is 5.11 Å². The first kappa shape index (κ1) is 8.89. The molecule has 0 saturated carbocycles. The lowest BCUT2D eigenvalue weighted by Gasteiger charge is -2.36. The van der Waals surface area contributed by atoms with Crippen LogP contribution in [-0.4, -0.2) is 22.2 Å². The smallest absolute Gasteiger partial charge is 0.160 e. The fourth-order valence-electron chi connectivity index (χ4n) is 1.46. The van der Waals surface area contributed by atoms with Gasteiger partial charge in [-0.3, -0.25) is 0 Å². The van der Waals surface area contributed by atoms with Crippen LogP contribution in [0.1, 0.15) is 20.3 Å². The molecule has 0 spiro atoms. The predicted molar refractivity (Wildman–Crippen MR) is 46.3 cm³/mol. The van der Waals surface area contributed by atoms with E-state index < -0.39 is 5.60 Å². The van der Waals surface area contributed by atoms with E-state index in [1.165, 1.54) is 0 Å². The van der Waals surface area contributed by atoms with Crippen LogP contribution in [0.5, 0.6) is 0 Å². The summed E-state index contributed by atoms with van der Waals surface area (Å²) in [6, 6.07) is 1.97. The van der Waals surface area contributed by atoms with Gasteiger partial charge in [-0.05, 0) is 17.6 Å². The third kappa shape index (κ3) is 2.11. The van der Waals surface area contributed by atoms with Crippen LogP contribution in [-0.2, 0) is 0 Å². The van der Waals surface area contributed by atoms with E-state index >= 15 is 0 Å². The molecular weight excluding hydrogens is 158 g/mol. The number of thioether (sulfide) groups is 1. The highest BCUT2D eigenvalue weighted by molar-refractivity contribution is 7.99. The van der Waals surface area contributed by atoms with Gasteiger partial charge in [-0.2, -0.15) is 17.0 Å². The average Bonchev–Trinajstić information content (AvgIpc) is 1.85. The molecule has 1 heterocycles. The normalized spacial score (nSPS) is 36.2. The van der Waals surface area contributed by atoms with Gasteiger partial charge in [0.05, 0.1) is 6.07 Å². The van der Waals surface area contributed by atoms with Gasteiger partial charge in [0, 0.05) is 5.75 Å². The first-order valence-electron chi connectivity index (χ1n) is 3.69. The standard InChI is InChI=1S/C8H13NOS/c1-7(2)3-8(10,4-9)6-11-5-7/h10H,3,5-6H2,1-2H3. The van der Waals surface area contributed by atoms with Crippen molar-refractivity contribution in [2.75, 3.05) is 11.5 Å². The molecule has 1 fully saturated rings. The van der Waals surface area contributed by atoms with E-state index in [4.69, 9.17) is 5.26 Å². The maximum atomic E-state index is 9.63. The number of rotatable bonds is 0. The minimum atomic E-state index is -1.08. The van der Waals surface area contributed by atoms with Crippen molar-refractivity contribution < 1.29 is 5.11 Å². The Hall–Kier alpha value is -0.200. The van der Waals surface area contributed by atoms with Gasteiger partial charge in [-0.1, -0.05) is 13.8 Å². The van der Waals surface area contributed by atoms with E-state index in [1.54, 1.807) is 11.8 Å². The minimum Gasteiger partial charge on any atom is -0.374 e. The number of hydrogen-bond donors (Lipinski definition) is 1. The molecule has 0 aromatic heterocycles. The lowest BCUT2D eigenvalue weighted by molar-refractivity contribution is 0.0717. The van der Waals surface area contributed by atoms with Crippen LogP contribution < -0.4 is 0 Å². The SMILES string of the molecule is CC1(C)CSCC(O)(C#N)C1. The molecule has 1 aliphatic rings. The van der Waals surface area contributed by atoms with Gasteiger partial charge in [0.2, 0.25) is 0 Å². The summed E-state index contributed by atoms with van der Waals surface area (Å²) in [6.45, 7) is 4.17. The van der Waals surface area contributed by atoms with E-state index in [2.05, 4.69) is 13.8 Å². The van der Waals surface area contributed by atoms with Gasteiger partial charge in [-0.15, -0.1) is 0 Å². The van der Waals surface area contributed by atoms with Crippen molar-refractivity contribution in [1.29, 1.82) is 5.26 Å². The van der Waals surface area contributed by atoms with Crippen LogP contribution in [0.3, 0.4) is 0 Å². The predicted octanol–water partition coefficient (Wildman–Crippen LogP) is 1.40. The summed E-state index contributed by atoms with van der Waals surface area (Å²) in [5.74, 6) is 1.60. The van der Waals surface area contributed by atoms with E-state index in [0.29, 0.717) is 12.2 Å². The highest BCUT2D eigenvalue weighted by Gasteiger charge is 2.38. The third-order valence-corrected chi connectivity index (χ3v) is 3.48. The highest BCUT2D eigenvalue weighted by atomic mass is 32.2. The second-order valence-corrected chi connectivity index (χ2v) is 4.96. The zero-order valence-electron chi connectivity index (χ0n) is 6.92. The molecule has 1 aliphatic heterocycles. The largest absolute Gasteiger partial charge is 0.374 e. The molecule has 1 atom stereocenters. The molecule has 0 aromatic rings. The third-order valence-electron chi connectivity index (χ3n) is 1.81. The number of nitriles is 1. The van der Waals surface area contributed by atoms with E-state index in [-0.39, 0.29) is 5.41 Å². The van der Waals surface area contributed by atoms with Crippen LogP contribution in [0.4, 0.5) is 0 Å². The lowest BCUT2D eigenvalue weighted by Crippen LogP contribution is -2.41. The van der Waals surface area contributed by atoms with Crippen molar-refractivity contribution in [3.05, 3.63) is 0 Å². The van der Waals surface area contributed by atoms with Gasteiger partial charge in [0.15, 0.2) is 5.60 Å². The molecular formula is C8H13NOS. The lowest BCUT2D eigenvalue weighted by atomic mass is 9.83. The summed E-state index contributed by atoms with van der Waals surface area (Å²) in [6.07, 6.45) is 0.601. The zero-order valence-corrected chi connectivity index (χ0v) is 7.74. The molecule has 3 heteroatoms. The Morgan fingerprint density at radius 3 is 2.45 bits per heavy atom. The molecule has 1 rings (SSSR count). The summed E-state index contributed by atoms with van der Waals surface area (Å²) in [7, 11) is 0. The van der Waals surface area contributed by atoms with Gasteiger partial charge in [-0.25, -0.2) is 0 Å².